The highest BCUT2D eigenvalue weighted by Crippen LogP contribution is 2.32. The predicted octanol–water partition coefficient (Wildman–Crippen LogP) is 2.47. The van der Waals surface area contributed by atoms with Crippen LogP contribution < -0.4 is 10.2 Å². The number of hydrogen-bond donors (Lipinski definition) is 1. The predicted molar refractivity (Wildman–Crippen MR) is 77.4 cm³/mol. The minimum atomic E-state index is 0.517. The Balaban J connectivity index is 1.82. The summed E-state index contributed by atoms with van der Waals surface area (Å²) >= 11 is 0. The molecule has 4 heteroatoms. The minimum absolute atomic E-state index is 0.517. The van der Waals surface area contributed by atoms with Crippen LogP contribution in [-0.4, -0.2) is 23.1 Å². The van der Waals surface area contributed by atoms with Gasteiger partial charge in [0, 0.05) is 18.8 Å². The van der Waals surface area contributed by atoms with Gasteiger partial charge in [-0.2, -0.15) is 0 Å². The van der Waals surface area contributed by atoms with Gasteiger partial charge >= 0.3 is 0 Å². The summed E-state index contributed by atoms with van der Waals surface area (Å²) < 4.78 is 0. The normalized spacial score (nSPS) is 17.4. The summed E-state index contributed by atoms with van der Waals surface area (Å²) in [7, 11) is 1.85. The second kappa shape index (κ2) is 4.88. The van der Waals surface area contributed by atoms with Crippen LogP contribution in [0.3, 0.4) is 0 Å². The van der Waals surface area contributed by atoms with E-state index in [-0.39, 0.29) is 0 Å². The van der Waals surface area contributed by atoms with Crippen LogP contribution in [0.2, 0.25) is 0 Å². The number of para-hydroxylation sites is 1. The van der Waals surface area contributed by atoms with Crippen molar-refractivity contribution in [3.05, 3.63) is 47.9 Å². The largest absolute Gasteiger partial charge is 0.372 e. The third kappa shape index (κ3) is 2.26. The van der Waals surface area contributed by atoms with Gasteiger partial charge in [-0.1, -0.05) is 18.2 Å². The number of benzene rings is 1. The molecule has 1 aromatic heterocycles. The van der Waals surface area contributed by atoms with E-state index in [4.69, 9.17) is 0 Å². The maximum absolute atomic E-state index is 4.45. The lowest BCUT2D eigenvalue weighted by Gasteiger charge is -2.24. The van der Waals surface area contributed by atoms with Gasteiger partial charge in [0.1, 0.15) is 5.82 Å². The zero-order chi connectivity index (χ0) is 13.2. The molecule has 1 N–H and O–H groups in total. The average Bonchev–Trinajstić information content (AvgIpc) is 2.76. The van der Waals surface area contributed by atoms with Crippen molar-refractivity contribution in [2.45, 2.75) is 25.9 Å². The SMILES string of the molecule is CNc1cnc(CN2c3ccccc3CC2C)cn1. The van der Waals surface area contributed by atoms with Crippen LogP contribution in [0.25, 0.3) is 0 Å². The first kappa shape index (κ1) is 12.0. The van der Waals surface area contributed by atoms with Crippen LogP contribution >= 0.6 is 0 Å². The molecule has 0 fully saturated rings. The minimum Gasteiger partial charge on any atom is -0.372 e. The number of hydrogen-bond acceptors (Lipinski definition) is 4. The molecular weight excluding hydrogens is 236 g/mol. The Morgan fingerprint density at radius 3 is 2.84 bits per heavy atom. The molecule has 3 rings (SSSR count). The molecule has 0 radical (unpaired) electrons. The Morgan fingerprint density at radius 2 is 2.11 bits per heavy atom. The molecule has 1 unspecified atom stereocenters. The first-order chi connectivity index (χ1) is 9.28. The Kier molecular flexibility index (Phi) is 3.07. The van der Waals surface area contributed by atoms with Crippen LogP contribution in [0.1, 0.15) is 18.2 Å². The number of aromatic nitrogens is 2. The molecule has 0 aliphatic carbocycles. The van der Waals surface area contributed by atoms with E-state index in [9.17, 15) is 0 Å². The summed E-state index contributed by atoms with van der Waals surface area (Å²) in [5.41, 5.74) is 3.76. The van der Waals surface area contributed by atoms with Gasteiger partial charge in [-0.15, -0.1) is 0 Å². The summed E-state index contributed by atoms with van der Waals surface area (Å²) in [4.78, 5) is 11.2. The zero-order valence-corrected chi connectivity index (χ0v) is 11.3. The summed E-state index contributed by atoms with van der Waals surface area (Å²) in [5, 5.41) is 2.99. The van der Waals surface area contributed by atoms with Gasteiger partial charge < -0.3 is 10.2 Å². The fourth-order valence-corrected chi connectivity index (χ4v) is 2.61. The smallest absolute Gasteiger partial charge is 0.144 e. The van der Waals surface area contributed by atoms with Crippen molar-refractivity contribution in [1.29, 1.82) is 0 Å². The average molecular weight is 254 g/mol. The highest BCUT2D eigenvalue weighted by Gasteiger charge is 2.25. The van der Waals surface area contributed by atoms with Gasteiger partial charge in [0.25, 0.3) is 0 Å². The van der Waals surface area contributed by atoms with Gasteiger partial charge in [-0.3, -0.25) is 4.98 Å². The van der Waals surface area contributed by atoms with E-state index >= 15 is 0 Å². The maximum atomic E-state index is 4.45. The number of fused-ring (bicyclic) bond motifs is 1. The van der Waals surface area contributed by atoms with Crippen molar-refractivity contribution in [2.24, 2.45) is 0 Å². The third-order valence-corrected chi connectivity index (χ3v) is 3.64. The Labute approximate surface area is 113 Å². The van der Waals surface area contributed by atoms with Crippen LogP contribution in [0.15, 0.2) is 36.7 Å². The molecule has 2 heterocycles. The number of rotatable bonds is 3. The molecule has 1 aliphatic rings. The van der Waals surface area contributed by atoms with Crippen molar-refractivity contribution in [3.63, 3.8) is 0 Å². The van der Waals surface area contributed by atoms with Crippen molar-refractivity contribution in [3.8, 4) is 0 Å². The first-order valence-electron chi connectivity index (χ1n) is 6.61. The lowest BCUT2D eigenvalue weighted by Crippen LogP contribution is -2.29. The topological polar surface area (TPSA) is 41.1 Å². The Morgan fingerprint density at radius 1 is 1.26 bits per heavy atom. The Bertz CT molecular complexity index is 565. The van der Waals surface area contributed by atoms with Crippen molar-refractivity contribution in [1.82, 2.24) is 9.97 Å². The van der Waals surface area contributed by atoms with Gasteiger partial charge in [0.05, 0.1) is 24.6 Å². The molecule has 1 aromatic carbocycles. The second-order valence-corrected chi connectivity index (χ2v) is 4.95. The quantitative estimate of drug-likeness (QED) is 0.913. The van der Waals surface area contributed by atoms with Gasteiger partial charge in [-0.25, -0.2) is 4.98 Å². The molecule has 0 amide bonds. The fourth-order valence-electron chi connectivity index (χ4n) is 2.61. The molecule has 1 aliphatic heterocycles. The van der Waals surface area contributed by atoms with Crippen LogP contribution in [0.5, 0.6) is 0 Å². The number of nitrogens with zero attached hydrogens (tertiary/aromatic N) is 3. The lowest BCUT2D eigenvalue weighted by molar-refractivity contribution is 0.663. The van der Waals surface area contributed by atoms with Crippen LogP contribution in [0.4, 0.5) is 11.5 Å². The summed E-state index contributed by atoms with van der Waals surface area (Å²) in [6.45, 7) is 3.07. The van der Waals surface area contributed by atoms with E-state index in [0.29, 0.717) is 6.04 Å². The lowest BCUT2D eigenvalue weighted by atomic mass is 10.1. The molecule has 0 saturated carbocycles. The highest BCUT2D eigenvalue weighted by atomic mass is 15.2. The van der Waals surface area contributed by atoms with Gasteiger partial charge in [-0.05, 0) is 25.0 Å². The zero-order valence-electron chi connectivity index (χ0n) is 11.3. The summed E-state index contributed by atoms with van der Waals surface area (Å²) in [6, 6.07) is 9.12. The summed E-state index contributed by atoms with van der Waals surface area (Å²) in [6.07, 6.45) is 4.74. The Hall–Kier alpha value is -2.10. The molecule has 1 atom stereocenters. The third-order valence-electron chi connectivity index (χ3n) is 3.64. The molecule has 4 nitrogen and oxygen atoms in total. The van der Waals surface area contributed by atoms with Gasteiger partial charge in [0.2, 0.25) is 0 Å². The highest BCUT2D eigenvalue weighted by molar-refractivity contribution is 5.59. The van der Waals surface area contributed by atoms with Crippen molar-refractivity contribution in [2.75, 3.05) is 17.3 Å². The van der Waals surface area contributed by atoms with E-state index in [0.717, 1.165) is 24.5 Å². The molecule has 19 heavy (non-hydrogen) atoms. The molecule has 98 valence electrons. The maximum Gasteiger partial charge on any atom is 0.144 e. The first-order valence-corrected chi connectivity index (χ1v) is 6.61. The second-order valence-electron chi connectivity index (χ2n) is 4.95. The van der Waals surface area contributed by atoms with E-state index in [1.165, 1.54) is 11.3 Å². The van der Waals surface area contributed by atoms with Crippen molar-refractivity contribution < 1.29 is 0 Å². The number of nitrogens with one attached hydrogen (secondary N) is 1. The van der Waals surface area contributed by atoms with Gasteiger partial charge in [0.15, 0.2) is 0 Å². The van der Waals surface area contributed by atoms with Crippen molar-refractivity contribution >= 4 is 11.5 Å². The molecular formula is C15H18N4. The van der Waals surface area contributed by atoms with E-state index in [2.05, 4.69) is 51.4 Å². The standard InChI is InChI=1S/C15H18N4/c1-11-7-12-5-3-4-6-14(12)19(11)10-13-8-18-15(16-2)9-17-13/h3-6,8-9,11H,7,10H2,1-2H3,(H,16,18). The number of anilines is 2. The molecule has 0 saturated heterocycles. The van der Waals surface area contributed by atoms with Crippen LogP contribution in [-0.2, 0) is 13.0 Å². The molecule has 0 spiro atoms. The van der Waals surface area contributed by atoms with E-state index in [1.807, 2.05) is 13.2 Å². The van der Waals surface area contributed by atoms with Crippen LogP contribution in [0, 0.1) is 0 Å². The fraction of sp³-hybridized carbons (Fsp3) is 0.333. The molecule has 2 aromatic rings. The van der Waals surface area contributed by atoms with E-state index in [1.54, 1.807) is 6.20 Å². The van der Waals surface area contributed by atoms with E-state index < -0.39 is 0 Å². The summed E-state index contributed by atoms with van der Waals surface area (Å²) in [5.74, 6) is 0.804. The molecule has 0 bridgehead atoms. The monoisotopic (exact) mass is 254 g/mol.